The number of fused-ring (bicyclic) bond motifs is 1. The predicted octanol–water partition coefficient (Wildman–Crippen LogP) is 4.87. The minimum absolute atomic E-state index is 0.0124. The van der Waals surface area contributed by atoms with E-state index in [0.29, 0.717) is 23.9 Å². The summed E-state index contributed by atoms with van der Waals surface area (Å²) in [6, 6.07) is 6.71. The number of nitrogens with zero attached hydrogens (tertiary/aromatic N) is 3. The molecule has 2 unspecified atom stereocenters. The number of hydrogen-bond acceptors (Lipinski definition) is 4. The first kappa shape index (κ1) is 16.9. The summed E-state index contributed by atoms with van der Waals surface area (Å²) in [5, 5.41) is 0.564. The lowest BCUT2D eigenvalue weighted by Gasteiger charge is -2.36. The Morgan fingerprint density at radius 2 is 1.96 bits per heavy atom. The molecule has 0 saturated carbocycles. The van der Waals surface area contributed by atoms with Crippen molar-refractivity contribution in [3.05, 3.63) is 54.0 Å². The number of benzene rings is 1. The predicted molar refractivity (Wildman–Crippen MR) is 92.0 cm³/mol. The van der Waals surface area contributed by atoms with Crippen LogP contribution in [0.15, 0.2) is 47.3 Å². The second-order valence-corrected chi connectivity index (χ2v) is 6.86. The Morgan fingerprint density at radius 3 is 2.69 bits per heavy atom. The fourth-order valence-electron chi connectivity index (χ4n) is 3.88. The van der Waals surface area contributed by atoms with Crippen LogP contribution in [0.5, 0.6) is 0 Å². The molecule has 4 nitrogen and oxygen atoms in total. The summed E-state index contributed by atoms with van der Waals surface area (Å²) in [5.74, 6) is 0.453. The van der Waals surface area contributed by atoms with Crippen LogP contribution >= 0.6 is 0 Å². The summed E-state index contributed by atoms with van der Waals surface area (Å²) in [4.78, 5) is 10.3. The normalized spacial score (nSPS) is 21.3. The van der Waals surface area contributed by atoms with Crippen LogP contribution in [0.4, 0.5) is 19.2 Å². The molecule has 3 heterocycles. The second-order valence-electron chi connectivity index (χ2n) is 6.86. The van der Waals surface area contributed by atoms with Gasteiger partial charge in [-0.2, -0.15) is 13.2 Å². The molecule has 3 aromatic rings. The fourth-order valence-corrected chi connectivity index (χ4v) is 3.88. The third-order valence-electron chi connectivity index (χ3n) is 4.90. The molecule has 136 valence electrons. The van der Waals surface area contributed by atoms with E-state index in [1.54, 1.807) is 24.4 Å². The van der Waals surface area contributed by atoms with E-state index in [2.05, 4.69) is 21.8 Å². The van der Waals surface area contributed by atoms with Gasteiger partial charge in [-0.25, -0.2) is 4.98 Å². The van der Waals surface area contributed by atoms with Crippen molar-refractivity contribution < 1.29 is 17.6 Å². The molecule has 0 bridgehead atoms. The van der Waals surface area contributed by atoms with Crippen molar-refractivity contribution in [3.8, 4) is 0 Å². The zero-order valence-corrected chi connectivity index (χ0v) is 14.2. The molecule has 4 rings (SSSR count). The molecule has 2 atom stereocenters. The van der Waals surface area contributed by atoms with Crippen molar-refractivity contribution in [1.82, 2.24) is 9.97 Å². The molecule has 2 aromatic heterocycles. The highest BCUT2D eigenvalue weighted by Crippen LogP contribution is 2.39. The van der Waals surface area contributed by atoms with Crippen LogP contribution in [-0.2, 0) is 6.18 Å². The van der Waals surface area contributed by atoms with Gasteiger partial charge in [0, 0.05) is 30.6 Å². The molecular formula is C19H18F3N3O. The lowest BCUT2D eigenvalue weighted by Crippen LogP contribution is -2.39. The summed E-state index contributed by atoms with van der Waals surface area (Å²) >= 11 is 0. The van der Waals surface area contributed by atoms with Crippen molar-refractivity contribution in [2.75, 3.05) is 18.0 Å². The summed E-state index contributed by atoms with van der Waals surface area (Å²) in [6.45, 7) is 3.60. The summed E-state index contributed by atoms with van der Waals surface area (Å²) < 4.78 is 45.4. The molecule has 26 heavy (non-hydrogen) atoms. The third kappa shape index (κ3) is 3.02. The lowest BCUT2D eigenvalue weighted by atomic mass is 9.83. The number of piperidine rings is 1. The van der Waals surface area contributed by atoms with Crippen LogP contribution in [-0.4, -0.2) is 23.1 Å². The zero-order chi connectivity index (χ0) is 18.3. The zero-order valence-electron chi connectivity index (χ0n) is 14.2. The molecule has 1 aliphatic heterocycles. The first-order valence-electron chi connectivity index (χ1n) is 8.52. The van der Waals surface area contributed by atoms with E-state index in [1.807, 2.05) is 0 Å². The highest BCUT2D eigenvalue weighted by molar-refractivity contribution is 5.86. The SMILES string of the molecule is CC1CC(c2ccc(C(F)(F)F)c3ncccc23)CN(c2ncco2)C1. The minimum Gasteiger partial charge on any atom is -0.432 e. The minimum atomic E-state index is -4.42. The van der Waals surface area contributed by atoms with Crippen molar-refractivity contribution >= 4 is 16.9 Å². The van der Waals surface area contributed by atoms with Gasteiger partial charge in [-0.15, -0.1) is 0 Å². The topological polar surface area (TPSA) is 42.2 Å². The highest BCUT2D eigenvalue weighted by atomic mass is 19.4. The van der Waals surface area contributed by atoms with Crippen LogP contribution in [0.2, 0.25) is 0 Å². The molecule has 1 saturated heterocycles. The summed E-state index contributed by atoms with van der Waals surface area (Å²) in [5.41, 5.74) is 0.216. The number of alkyl halides is 3. The van der Waals surface area contributed by atoms with Gasteiger partial charge in [0.2, 0.25) is 0 Å². The van der Waals surface area contributed by atoms with Crippen LogP contribution in [0.25, 0.3) is 10.9 Å². The van der Waals surface area contributed by atoms with Gasteiger partial charge in [-0.3, -0.25) is 4.98 Å². The van der Waals surface area contributed by atoms with Gasteiger partial charge in [0.25, 0.3) is 6.01 Å². The molecular weight excluding hydrogens is 343 g/mol. The van der Waals surface area contributed by atoms with E-state index in [9.17, 15) is 13.2 Å². The molecule has 0 aliphatic carbocycles. The smallest absolute Gasteiger partial charge is 0.418 e. The average molecular weight is 361 g/mol. The number of pyridine rings is 1. The Bertz CT molecular complexity index is 908. The molecule has 1 aromatic carbocycles. The van der Waals surface area contributed by atoms with E-state index in [0.717, 1.165) is 24.6 Å². The number of halogens is 3. The Morgan fingerprint density at radius 1 is 1.12 bits per heavy atom. The Labute approximate surface area is 148 Å². The van der Waals surface area contributed by atoms with Crippen LogP contribution in [0.3, 0.4) is 0 Å². The maximum Gasteiger partial charge on any atom is 0.418 e. The van der Waals surface area contributed by atoms with Gasteiger partial charge in [-0.1, -0.05) is 19.1 Å². The first-order valence-corrected chi connectivity index (χ1v) is 8.52. The van der Waals surface area contributed by atoms with Crippen molar-refractivity contribution in [3.63, 3.8) is 0 Å². The van der Waals surface area contributed by atoms with E-state index in [4.69, 9.17) is 4.42 Å². The van der Waals surface area contributed by atoms with Crippen LogP contribution < -0.4 is 4.90 Å². The Balaban J connectivity index is 1.77. The number of anilines is 1. The second kappa shape index (κ2) is 6.30. The van der Waals surface area contributed by atoms with Gasteiger partial charge in [0.15, 0.2) is 0 Å². The Kier molecular flexibility index (Phi) is 4.09. The molecule has 1 aliphatic rings. The third-order valence-corrected chi connectivity index (χ3v) is 4.90. The van der Waals surface area contributed by atoms with E-state index in [-0.39, 0.29) is 11.4 Å². The van der Waals surface area contributed by atoms with Gasteiger partial charge in [0.1, 0.15) is 6.26 Å². The highest BCUT2D eigenvalue weighted by Gasteiger charge is 2.35. The number of aromatic nitrogens is 2. The molecule has 7 heteroatoms. The first-order chi connectivity index (χ1) is 12.4. The van der Waals surface area contributed by atoms with Crippen LogP contribution in [0, 0.1) is 5.92 Å². The lowest BCUT2D eigenvalue weighted by molar-refractivity contribution is -0.136. The summed E-state index contributed by atoms with van der Waals surface area (Å²) in [7, 11) is 0. The van der Waals surface area contributed by atoms with E-state index < -0.39 is 11.7 Å². The molecule has 1 fully saturated rings. The van der Waals surface area contributed by atoms with Gasteiger partial charge >= 0.3 is 6.18 Å². The summed E-state index contributed by atoms with van der Waals surface area (Å²) in [6.07, 6.45) is 1.01. The molecule has 0 N–H and O–H groups in total. The molecule has 0 amide bonds. The van der Waals surface area contributed by atoms with Crippen molar-refractivity contribution in [1.29, 1.82) is 0 Å². The fraction of sp³-hybridized carbons (Fsp3) is 0.368. The molecule has 0 spiro atoms. The average Bonchev–Trinajstić information content (AvgIpc) is 3.14. The number of hydrogen-bond donors (Lipinski definition) is 0. The quantitative estimate of drug-likeness (QED) is 0.653. The maximum atomic E-state index is 13.3. The monoisotopic (exact) mass is 361 g/mol. The van der Waals surface area contributed by atoms with Gasteiger partial charge in [-0.05, 0) is 30.0 Å². The van der Waals surface area contributed by atoms with Crippen LogP contribution in [0.1, 0.15) is 30.4 Å². The molecule has 0 radical (unpaired) electrons. The number of oxazole rings is 1. The largest absolute Gasteiger partial charge is 0.432 e. The standard InChI is InChI=1S/C19H18F3N3O/c1-12-9-13(11-25(10-12)18-24-7-8-26-18)14-4-5-16(19(20,21)22)17-15(14)3-2-6-23-17/h2-8,12-13H,9-11H2,1H3. The van der Waals surface area contributed by atoms with Gasteiger partial charge < -0.3 is 9.32 Å². The van der Waals surface area contributed by atoms with E-state index >= 15 is 0 Å². The van der Waals surface area contributed by atoms with E-state index in [1.165, 1.54) is 12.5 Å². The van der Waals surface area contributed by atoms with Crippen molar-refractivity contribution in [2.45, 2.75) is 25.4 Å². The maximum absolute atomic E-state index is 13.3. The Hall–Kier alpha value is -2.57. The van der Waals surface area contributed by atoms with Crippen molar-refractivity contribution in [2.24, 2.45) is 5.92 Å². The number of rotatable bonds is 2. The van der Waals surface area contributed by atoms with Gasteiger partial charge in [0.05, 0.1) is 17.3 Å².